The molecule has 1 unspecified atom stereocenters. The van der Waals surface area contributed by atoms with Crippen LogP contribution in [-0.4, -0.2) is 11.9 Å². The maximum atomic E-state index is 12.6. The highest BCUT2D eigenvalue weighted by molar-refractivity contribution is 6.30. The number of guanidine groups is 1. The lowest BCUT2D eigenvalue weighted by Crippen LogP contribution is -2.26. The quantitative estimate of drug-likeness (QED) is 0.556. The first-order chi connectivity index (χ1) is 12.0. The molecule has 3 aromatic rings. The van der Waals surface area contributed by atoms with Gasteiger partial charge in [-0.1, -0.05) is 66.2 Å². The molecule has 0 aliphatic carbocycles. The number of hydrogen-bond acceptors (Lipinski definition) is 1. The van der Waals surface area contributed by atoms with Crippen molar-refractivity contribution in [2.75, 3.05) is 0 Å². The van der Waals surface area contributed by atoms with Crippen LogP contribution in [0.5, 0.6) is 0 Å². The van der Waals surface area contributed by atoms with Crippen molar-refractivity contribution in [1.29, 1.82) is 0 Å². The van der Waals surface area contributed by atoms with Gasteiger partial charge in [-0.05, 0) is 40.5 Å². The highest BCUT2D eigenvalue weighted by atomic mass is 35.5. The molecule has 0 aliphatic rings. The first kappa shape index (κ1) is 17.0. The van der Waals surface area contributed by atoms with Crippen LogP contribution in [0.2, 0.25) is 5.02 Å². The van der Waals surface area contributed by atoms with E-state index in [0.29, 0.717) is 11.4 Å². The molecule has 126 valence electrons. The Morgan fingerprint density at radius 2 is 1.72 bits per heavy atom. The highest BCUT2D eigenvalue weighted by Crippen LogP contribution is 2.28. The fraction of sp³-hybridized carbons (Fsp3) is 0.100. The minimum Gasteiger partial charge on any atom is -0.370 e. The van der Waals surface area contributed by atoms with E-state index in [4.69, 9.17) is 23.1 Å². The van der Waals surface area contributed by atoms with E-state index in [-0.39, 0.29) is 11.9 Å². The van der Waals surface area contributed by atoms with Gasteiger partial charge >= 0.3 is 0 Å². The smallest absolute Gasteiger partial charge is 0.256 e. The topological polar surface area (TPSA) is 81.5 Å². The Kier molecular flexibility index (Phi) is 5.00. The molecule has 4 N–H and O–H groups in total. The molecule has 3 aromatic carbocycles. The van der Waals surface area contributed by atoms with Gasteiger partial charge in [0.05, 0.1) is 5.92 Å². The minimum atomic E-state index is -0.508. The summed E-state index contributed by atoms with van der Waals surface area (Å²) in [5.74, 6) is -1.13. The van der Waals surface area contributed by atoms with Crippen LogP contribution < -0.4 is 11.5 Å². The van der Waals surface area contributed by atoms with Crippen LogP contribution in [0, 0.1) is 0 Å². The van der Waals surface area contributed by atoms with Gasteiger partial charge in [0.2, 0.25) is 0 Å². The lowest BCUT2D eigenvalue weighted by molar-refractivity contribution is -0.119. The largest absolute Gasteiger partial charge is 0.370 e. The number of fused-ring (bicyclic) bond motifs is 1. The second-order valence-corrected chi connectivity index (χ2v) is 6.26. The molecule has 1 amide bonds. The van der Waals surface area contributed by atoms with Crippen molar-refractivity contribution in [3.8, 4) is 0 Å². The van der Waals surface area contributed by atoms with Crippen LogP contribution in [0.4, 0.5) is 0 Å². The van der Waals surface area contributed by atoms with Crippen molar-refractivity contribution in [3.05, 3.63) is 82.9 Å². The van der Waals surface area contributed by atoms with E-state index in [2.05, 4.69) is 4.99 Å². The van der Waals surface area contributed by atoms with Crippen molar-refractivity contribution in [2.45, 2.75) is 12.3 Å². The Bertz CT molecular complexity index is 943. The third-order valence-electron chi connectivity index (χ3n) is 4.09. The number of aliphatic imine (C=N–C) groups is 1. The van der Waals surface area contributed by atoms with Gasteiger partial charge in [0.1, 0.15) is 0 Å². The van der Waals surface area contributed by atoms with Crippen LogP contribution in [-0.2, 0) is 11.2 Å². The summed E-state index contributed by atoms with van der Waals surface area (Å²) in [5.41, 5.74) is 12.7. The van der Waals surface area contributed by atoms with Crippen molar-refractivity contribution < 1.29 is 4.79 Å². The summed E-state index contributed by atoms with van der Waals surface area (Å²) >= 11 is 6.10. The van der Waals surface area contributed by atoms with E-state index in [1.165, 1.54) is 0 Å². The zero-order valence-corrected chi connectivity index (χ0v) is 14.3. The van der Waals surface area contributed by atoms with E-state index < -0.39 is 5.92 Å². The monoisotopic (exact) mass is 351 g/mol. The predicted molar refractivity (Wildman–Crippen MR) is 103 cm³/mol. The second-order valence-electron chi connectivity index (χ2n) is 5.82. The zero-order valence-electron chi connectivity index (χ0n) is 13.5. The average molecular weight is 352 g/mol. The Labute approximate surface area is 151 Å². The molecule has 0 radical (unpaired) electrons. The Morgan fingerprint density at radius 1 is 1.00 bits per heavy atom. The maximum absolute atomic E-state index is 12.6. The number of halogens is 1. The first-order valence-electron chi connectivity index (χ1n) is 7.90. The summed E-state index contributed by atoms with van der Waals surface area (Å²) in [6.07, 6.45) is 0.483. The van der Waals surface area contributed by atoms with Gasteiger partial charge in [-0.25, -0.2) is 0 Å². The molecule has 4 nitrogen and oxygen atoms in total. The molecule has 0 bridgehead atoms. The van der Waals surface area contributed by atoms with E-state index >= 15 is 0 Å². The molecule has 0 heterocycles. The molecule has 0 aromatic heterocycles. The fourth-order valence-electron chi connectivity index (χ4n) is 2.97. The van der Waals surface area contributed by atoms with Gasteiger partial charge in [-0.15, -0.1) is 0 Å². The molecule has 0 aliphatic heterocycles. The maximum Gasteiger partial charge on any atom is 0.256 e. The van der Waals surface area contributed by atoms with Gasteiger partial charge in [0.25, 0.3) is 5.91 Å². The number of carbonyl (C=O) groups is 1. The van der Waals surface area contributed by atoms with Crippen LogP contribution >= 0.6 is 11.6 Å². The van der Waals surface area contributed by atoms with Gasteiger partial charge in [0.15, 0.2) is 5.96 Å². The number of nitrogens with two attached hydrogens (primary N) is 2. The molecular weight excluding hydrogens is 334 g/mol. The predicted octanol–water partition coefficient (Wildman–Crippen LogP) is 3.62. The average Bonchev–Trinajstić information content (AvgIpc) is 2.59. The third kappa shape index (κ3) is 3.98. The summed E-state index contributed by atoms with van der Waals surface area (Å²) in [6, 6.07) is 21.3. The van der Waals surface area contributed by atoms with E-state index in [1.807, 2.05) is 54.6 Å². The minimum absolute atomic E-state index is 0.241. The second kappa shape index (κ2) is 7.36. The molecule has 0 spiro atoms. The van der Waals surface area contributed by atoms with E-state index in [9.17, 15) is 4.79 Å². The van der Waals surface area contributed by atoms with E-state index in [1.54, 1.807) is 12.1 Å². The van der Waals surface area contributed by atoms with Gasteiger partial charge in [-0.3, -0.25) is 4.79 Å². The van der Waals surface area contributed by atoms with Crippen molar-refractivity contribution in [1.82, 2.24) is 0 Å². The van der Waals surface area contributed by atoms with Gasteiger partial charge in [0, 0.05) is 5.02 Å². The van der Waals surface area contributed by atoms with Crippen molar-refractivity contribution in [2.24, 2.45) is 16.5 Å². The molecule has 1 atom stereocenters. The molecule has 3 rings (SSSR count). The molecule has 5 heteroatoms. The number of carbonyl (C=O) groups excluding carboxylic acids is 1. The molecular formula is C20H18ClN3O. The summed E-state index contributed by atoms with van der Waals surface area (Å²) in [5, 5.41) is 2.80. The Hall–Kier alpha value is -2.85. The first-order valence-corrected chi connectivity index (χ1v) is 8.28. The SMILES string of the molecule is NC(N)=NC(=O)C(Cc1cccc2ccccc12)c1cccc(Cl)c1. The summed E-state index contributed by atoms with van der Waals surface area (Å²) in [7, 11) is 0. The summed E-state index contributed by atoms with van der Waals surface area (Å²) in [4.78, 5) is 16.4. The summed E-state index contributed by atoms with van der Waals surface area (Å²) in [6.45, 7) is 0. The van der Waals surface area contributed by atoms with E-state index in [0.717, 1.165) is 21.9 Å². The van der Waals surface area contributed by atoms with Crippen LogP contribution in [0.15, 0.2) is 71.7 Å². The van der Waals surface area contributed by atoms with Crippen molar-refractivity contribution in [3.63, 3.8) is 0 Å². The zero-order chi connectivity index (χ0) is 17.8. The number of benzene rings is 3. The van der Waals surface area contributed by atoms with Crippen LogP contribution in [0.25, 0.3) is 10.8 Å². The van der Waals surface area contributed by atoms with Crippen LogP contribution in [0.1, 0.15) is 17.0 Å². The third-order valence-corrected chi connectivity index (χ3v) is 4.33. The lowest BCUT2D eigenvalue weighted by Gasteiger charge is -2.16. The normalized spacial score (nSPS) is 11.9. The molecule has 0 fully saturated rings. The number of nitrogens with zero attached hydrogens (tertiary/aromatic N) is 1. The summed E-state index contributed by atoms with van der Waals surface area (Å²) < 4.78 is 0. The molecule has 0 saturated heterocycles. The Morgan fingerprint density at radius 3 is 2.48 bits per heavy atom. The standard InChI is InChI=1S/C20H18ClN3O/c21-16-9-4-8-14(11-16)18(19(25)24-20(22)23)12-15-7-3-6-13-5-1-2-10-17(13)15/h1-11,18H,12H2,(H4,22,23,24,25). The fourth-order valence-corrected chi connectivity index (χ4v) is 3.17. The molecule has 25 heavy (non-hydrogen) atoms. The lowest BCUT2D eigenvalue weighted by atomic mass is 9.89. The Balaban J connectivity index is 2.05. The number of hydrogen-bond donors (Lipinski definition) is 2. The van der Waals surface area contributed by atoms with Gasteiger partial charge < -0.3 is 11.5 Å². The van der Waals surface area contributed by atoms with Crippen molar-refractivity contribution >= 4 is 34.2 Å². The number of rotatable bonds is 4. The van der Waals surface area contributed by atoms with Gasteiger partial charge in [-0.2, -0.15) is 4.99 Å². The number of amides is 1. The van der Waals surface area contributed by atoms with Crippen LogP contribution in [0.3, 0.4) is 0 Å². The highest BCUT2D eigenvalue weighted by Gasteiger charge is 2.22. The molecule has 0 saturated carbocycles.